The summed E-state index contributed by atoms with van der Waals surface area (Å²) in [7, 11) is 0. The maximum atomic E-state index is 12.4. The maximum Gasteiger partial charge on any atom is 0.306 e. The molecule has 0 radical (unpaired) electrons. The number of ether oxygens (including phenoxy) is 3. The topological polar surface area (TPSA) is 44.8 Å². The Bertz CT molecular complexity index is 847. The lowest BCUT2D eigenvalue weighted by Crippen LogP contribution is -2.55. The predicted octanol–water partition coefficient (Wildman–Crippen LogP) is 7.93. The van der Waals surface area contributed by atoms with E-state index in [2.05, 4.69) is 34.6 Å². The van der Waals surface area contributed by atoms with Gasteiger partial charge in [-0.3, -0.25) is 4.79 Å². The average Bonchev–Trinajstić information content (AvgIpc) is 3.31. The molecule has 0 aromatic rings. The molecular weight excluding hydrogens is 460 g/mol. The van der Waals surface area contributed by atoms with Crippen molar-refractivity contribution in [1.82, 2.24) is 0 Å². The number of hydrogen-bond acceptors (Lipinski definition) is 4. The molecule has 4 saturated carbocycles. The van der Waals surface area contributed by atoms with Crippen LogP contribution in [0.4, 0.5) is 0 Å². The second-order valence-electron chi connectivity index (χ2n) is 15.0. The van der Waals surface area contributed by atoms with Gasteiger partial charge in [-0.15, -0.1) is 0 Å². The molecule has 4 aliphatic carbocycles. The summed E-state index contributed by atoms with van der Waals surface area (Å²) in [5.41, 5.74) is 0.818. The molecule has 0 bridgehead atoms. The minimum absolute atomic E-state index is 0.0463. The molecule has 6 fully saturated rings. The lowest BCUT2D eigenvalue weighted by Gasteiger charge is -2.61. The van der Waals surface area contributed by atoms with Gasteiger partial charge in [-0.25, -0.2) is 0 Å². The molecule has 4 heteroatoms. The lowest BCUT2D eigenvalue weighted by atomic mass is 9.44. The first-order valence-electron chi connectivity index (χ1n) is 16.2. The molecular formula is C33H54O4. The Morgan fingerprint density at radius 1 is 0.919 bits per heavy atom. The van der Waals surface area contributed by atoms with E-state index in [-0.39, 0.29) is 17.9 Å². The smallest absolute Gasteiger partial charge is 0.306 e. The summed E-state index contributed by atoms with van der Waals surface area (Å²) in [6.45, 7) is 13.1. The van der Waals surface area contributed by atoms with Crippen molar-refractivity contribution in [2.24, 2.45) is 52.3 Å². The van der Waals surface area contributed by atoms with Crippen LogP contribution in [0.25, 0.3) is 0 Å². The molecule has 2 aliphatic heterocycles. The van der Waals surface area contributed by atoms with Gasteiger partial charge in [-0.1, -0.05) is 47.5 Å². The highest BCUT2D eigenvalue weighted by molar-refractivity contribution is 5.69. The standard InChI is InChI=1S/C33H54O4/c1-6-7-8-9-29(34)36-24-13-15-31(4)23(18-24)10-11-25-26(31)14-16-32(5)27(25)19-28-30(32)22(3)33(37-28)17-12-21(2)20-35-33/h21-28,30H,6-20H2,1-5H3/t21-,22-,23-,24-,25+,26-,27-,28+,30-,31-,32-,33-/m0/s1. The van der Waals surface area contributed by atoms with Crippen molar-refractivity contribution in [3.63, 3.8) is 0 Å². The Morgan fingerprint density at radius 3 is 2.49 bits per heavy atom. The summed E-state index contributed by atoms with van der Waals surface area (Å²) in [4.78, 5) is 12.4. The Balaban J connectivity index is 1.12. The van der Waals surface area contributed by atoms with E-state index in [0.29, 0.717) is 41.1 Å². The van der Waals surface area contributed by atoms with Crippen molar-refractivity contribution in [1.29, 1.82) is 0 Å². The summed E-state index contributed by atoms with van der Waals surface area (Å²) < 4.78 is 19.5. The monoisotopic (exact) mass is 514 g/mol. The SMILES string of the molecule is CCCCCC(=O)O[C@H]1CC[C@@]2(C)[C@@H](CC[C@@H]3[C@@H]2CC[C@]2(C)[C@@H]4[C@@H](C[C@@H]32)O[C@@]2(CC[C@H](C)CO2)[C@H]4C)C1. The summed E-state index contributed by atoms with van der Waals surface area (Å²) >= 11 is 0. The van der Waals surface area contributed by atoms with E-state index >= 15 is 0 Å². The van der Waals surface area contributed by atoms with E-state index in [1.54, 1.807) is 0 Å². The Labute approximate surface area is 226 Å². The molecule has 0 unspecified atom stereocenters. The third kappa shape index (κ3) is 4.25. The minimum Gasteiger partial charge on any atom is -0.462 e. The van der Waals surface area contributed by atoms with Gasteiger partial charge in [0.1, 0.15) is 6.10 Å². The third-order valence-electron chi connectivity index (χ3n) is 13.2. The van der Waals surface area contributed by atoms with Crippen LogP contribution in [-0.4, -0.2) is 30.6 Å². The van der Waals surface area contributed by atoms with Crippen LogP contribution >= 0.6 is 0 Å². The Morgan fingerprint density at radius 2 is 1.73 bits per heavy atom. The van der Waals surface area contributed by atoms with Crippen LogP contribution in [0.5, 0.6) is 0 Å². The highest BCUT2D eigenvalue weighted by Gasteiger charge is 2.69. The second kappa shape index (κ2) is 9.79. The molecule has 2 saturated heterocycles. The van der Waals surface area contributed by atoms with E-state index in [0.717, 1.165) is 68.8 Å². The first-order valence-corrected chi connectivity index (χ1v) is 16.2. The Kier molecular flexibility index (Phi) is 7.04. The minimum atomic E-state index is -0.303. The summed E-state index contributed by atoms with van der Waals surface area (Å²) in [6.07, 6.45) is 16.8. The number of carbonyl (C=O) groups excluding carboxylic acids is 1. The van der Waals surface area contributed by atoms with Crippen LogP contribution < -0.4 is 0 Å². The maximum absolute atomic E-state index is 12.4. The van der Waals surface area contributed by atoms with Crippen LogP contribution in [0.1, 0.15) is 125 Å². The van der Waals surface area contributed by atoms with E-state index < -0.39 is 0 Å². The zero-order valence-corrected chi connectivity index (χ0v) is 24.4. The normalized spacial score (nSPS) is 52.7. The fraction of sp³-hybridized carbons (Fsp3) is 0.970. The van der Waals surface area contributed by atoms with E-state index in [1.165, 1.54) is 44.9 Å². The van der Waals surface area contributed by atoms with Gasteiger partial charge in [-0.2, -0.15) is 0 Å². The van der Waals surface area contributed by atoms with Crippen molar-refractivity contribution in [3.05, 3.63) is 0 Å². The van der Waals surface area contributed by atoms with E-state index in [9.17, 15) is 4.79 Å². The number of carbonyl (C=O) groups is 1. The van der Waals surface area contributed by atoms with Crippen molar-refractivity contribution in [2.75, 3.05) is 6.61 Å². The fourth-order valence-corrected chi connectivity index (χ4v) is 11.1. The van der Waals surface area contributed by atoms with E-state index in [4.69, 9.17) is 14.2 Å². The first-order chi connectivity index (χ1) is 17.7. The van der Waals surface area contributed by atoms with Crippen molar-refractivity contribution >= 4 is 5.97 Å². The van der Waals surface area contributed by atoms with Gasteiger partial charge in [0.2, 0.25) is 0 Å². The molecule has 4 nitrogen and oxygen atoms in total. The average molecular weight is 515 g/mol. The highest BCUT2D eigenvalue weighted by Crippen LogP contribution is 2.71. The van der Waals surface area contributed by atoms with Gasteiger partial charge in [0, 0.05) is 18.8 Å². The van der Waals surface area contributed by atoms with Crippen molar-refractivity contribution in [2.45, 2.75) is 143 Å². The molecule has 2 heterocycles. The van der Waals surface area contributed by atoms with Crippen LogP contribution in [-0.2, 0) is 19.0 Å². The first kappa shape index (κ1) is 26.6. The molecule has 0 aromatic carbocycles. The largest absolute Gasteiger partial charge is 0.462 e. The van der Waals surface area contributed by atoms with E-state index in [1.807, 2.05) is 0 Å². The Hall–Kier alpha value is -0.610. The summed E-state index contributed by atoms with van der Waals surface area (Å²) in [5, 5.41) is 0. The van der Waals surface area contributed by atoms with Gasteiger partial charge in [0.15, 0.2) is 5.79 Å². The molecule has 210 valence electrons. The van der Waals surface area contributed by atoms with Gasteiger partial charge < -0.3 is 14.2 Å². The molecule has 37 heavy (non-hydrogen) atoms. The van der Waals surface area contributed by atoms with Gasteiger partial charge in [0.25, 0.3) is 0 Å². The number of esters is 1. The van der Waals surface area contributed by atoms with Gasteiger partial charge in [0.05, 0.1) is 12.7 Å². The van der Waals surface area contributed by atoms with Gasteiger partial charge in [-0.05, 0) is 111 Å². The number of rotatable bonds is 5. The van der Waals surface area contributed by atoms with Crippen molar-refractivity contribution in [3.8, 4) is 0 Å². The van der Waals surface area contributed by atoms with Crippen LogP contribution in [0, 0.1) is 52.3 Å². The highest BCUT2D eigenvalue weighted by atomic mass is 16.7. The van der Waals surface area contributed by atoms with Gasteiger partial charge >= 0.3 is 5.97 Å². The molecule has 1 spiro atoms. The fourth-order valence-electron chi connectivity index (χ4n) is 11.1. The second-order valence-corrected chi connectivity index (χ2v) is 15.0. The molecule has 0 N–H and O–H groups in total. The van der Waals surface area contributed by atoms with Crippen LogP contribution in [0.3, 0.4) is 0 Å². The molecule has 12 atom stereocenters. The molecule has 0 aromatic heterocycles. The van der Waals surface area contributed by atoms with Crippen LogP contribution in [0.15, 0.2) is 0 Å². The number of fused-ring (bicyclic) bond motifs is 7. The number of unbranched alkanes of at least 4 members (excludes halogenated alkanes) is 2. The zero-order chi connectivity index (χ0) is 26.0. The molecule has 6 rings (SSSR count). The summed E-state index contributed by atoms with van der Waals surface area (Å²) in [5.74, 6) is 4.76. The molecule has 0 amide bonds. The summed E-state index contributed by atoms with van der Waals surface area (Å²) in [6, 6.07) is 0. The quantitative estimate of drug-likeness (QED) is 0.276. The third-order valence-corrected chi connectivity index (χ3v) is 13.2. The molecule has 6 aliphatic rings. The van der Waals surface area contributed by atoms with Crippen LogP contribution in [0.2, 0.25) is 0 Å². The number of hydrogen-bond donors (Lipinski definition) is 0. The predicted molar refractivity (Wildman–Crippen MR) is 146 cm³/mol. The zero-order valence-electron chi connectivity index (χ0n) is 24.4. The van der Waals surface area contributed by atoms with Crippen molar-refractivity contribution < 1.29 is 19.0 Å². The lowest BCUT2D eigenvalue weighted by molar-refractivity contribution is -0.273.